The molecule has 2 N–H and O–H groups in total. The summed E-state index contributed by atoms with van der Waals surface area (Å²) in [5.41, 5.74) is 8.52. The number of ether oxygens (including phenoxy) is 1. The molecule has 0 aliphatic rings. The number of rotatable bonds is 6. The van der Waals surface area contributed by atoms with Crippen LogP contribution in [0.15, 0.2) is 36.7 Å². The third-order valence-electron chi connectivity index (χ3n) is 2.98. The van der Waals surface area contributed by atoms with Gasteiger partial charge in [-0.25, -0.2) is 0 Å². The van der Waals surface area contributed by atoms with Crippen molar-refractivity contribution in [2.45, 2.75) is 19.3 Å². The summed E-state index contributed by atoms with van der Waals surface area (Å²) >= 11 is 0. The predicted molar refractivity (Wildman–Crippen MR) is 77.0 cm³/mol. The molecule has 2 aromatic rings. The number of carbonyl (C=O) groups is 1. The van der Waals surface area contributed by atoms with Crippen LogP contribution in [0, 0.1) is 0 Å². The summed E-state index contributed by atoms with van der Waals surface area (Å²) in [7, 11) is 1.86. The summed E-state index contributed by atoms with van der Waals surface area (Å²) in [6.07, 6.45) is 5.41. The Morgan fingerprint density at radius 1 is 1.35 bits per heavy atom. The smallest absolute Gasteiger partial charge is 0.306 e. The lowest BCUT2D eigenvalue weighted by molar-refractivity contribution is -0.143. The molecule has 5 nitrogen and oxygen atoms in total. The normalized spacial score (nSPS) is 10.4. The minimum atomic E-state index is -0.184. The monoisotopic (exact) mass is 273 g/mol. The van der Waals surface area contributed by atoms with Gasteiger partial charge in [-0.2, -0.15) is 5.10 Å². The van der Waals surface area contributed by atoms with Gasteiger partial charge in [-0.1, -0.05) is 12.1 Å². The average Bonchev–Trinajstić information content (AvgIpc) is 2.82. The van der Waals surface area contributed by atoms with Crippen molar-refractivity contribution in [2.75, 3.05) is 12.3 Å². The number of benzene rings is 1. The summed E-state index contributed by atoms with van der Waals surface area (Å²) in [5.74, 6) is -0.184. The Hall–Kier alpha value is -2.30. The van der Waals surface area contributed by atoms with E-state index in [-0.39, 0.29) is 5.97 Å². The van der Waals surface area contributed by atoms with Crippen LogP contribution in [0.25, 0.3) is 0 Å². The van der Waals surface area contributed by atoms with E-state index < -0.39 is 0 Å². The molecule has 0 amide bonds. The lowest BCUT2D eigenvalue weighted by Gasteiger charge is -2.04. The first-order chi connectivity index (χ1) is 9.63. The van der Waals surface area contributed by atoms with Crippen molar-refractivity contribution in [1.29, 1.82) is 0 Å². The molecule has 0 atom stereocenters. The second-order valence-corrected chi connectivity index (χ2v) is 4.74. The van der Waals surface area contributed by atoms with Crippen LogP contribution in [0.1, 0.15) is 17.5 Å². The van der Waals surface area contributed by atoms with E-state index in [0.29, 0.717) is 31.6 Å². The zero-order valence-corrected chi connectivity index (χ0v) is 11.6. The van der Waals surface area contributed by atoms with E-state index in [1.54, 1.807) is 10.9 Å². The molecule has 5 heteroatoms. The van der Waals surface area contributed by atoms with Crippen molar-refractivity contribution in [3.8, 4) is 0 Å². The molecule has 106 valence electrons. The highest BCUT2D eigenvalue weighted by atomic mass is 16.5. The molecular formula is C15H19N3O2. The Morgan fingerprint density at radius 3 is 2.90 bits per heavy atom. The highest BCUT2D eigenvalue weighted by molar-refractivity contribution is 5.69. The summed E-state index contributed by atoms with van der Waals surface area (Å²) in [5, 5.41) is 4.06. The van der Waals surface area contributed by atoms with Gasteiger partial charge >= 0.3 is 5.97 Å². The molecule has 0 fully saturated rings. The minimum absolute atomic E-state index is 0.184. The molecule has 0 saturated carbocycles. The van der Waals surface area contributed by atoms with E-state index in [9.17, 15) is 4.79 Å². The van der Waals surface area contributed by atoms with Crippen molar-refractivity contribution >= 4 is 11.7 Å². The van der Waals surface area contributed by atoms with Crippen molar-refractivity contribution in [3.63, 3.8) is 0 Å². The predicted octanol–water partition coefficient (Wildman–Crippen LogP) is 1.72. The Balaban J connectivity index is 1.68. The van der Waals surface area contributed by atoms with Crippen LogP contribution < -0.4 is 5.73 Å². The highest BCUT2D eigenvalue weighted by Gasteiger charge is 2.05. The lowest BCUT2D eigenvalue weighted by atomic mass is 10.1. The Morgan fingerprint density at radius 2 is 2.20 bits per heavy atom. The number of aryl methyl sites for hydroxylation is 2. The third kappa shape index (κ3) is 4.42. The maximum Gasteiger partial charge on any atom is 0.306 e. The van der Waals surface area contributed by atoms with Gasteiger partial charge < -0.3 is 10.5 Å². The number of nitrogen functional groups attached to an aromatic ring is 1. The number of carbonyl (C=O) groups excluding carboxylic acids is 1. The van der Waals surface area contributed by atoms with E-state index in [1.165, 1.54) is 0 Å². The van der Waals surface area contributed by atoms with Crippen molar-refractivity contribution in [3.05, 3.63) is 47.8 Å². The molecule has 2 rings (SSSR count). The van der Waals surface area contributed by atoms with Gasteiger partial charge in [0.25, 0.3) is 0 Å². The molecule has 1 heterocycles. The van der Waals surface area contributed by atoms with Crippen molar-refractivity contribution in [1.82, 2.24) is 9.78 Å². The maximum atomic E-state index is 11.6. The second-order valence-electron chi connectivity index (χ2n) is 4.74. The number of nitrogens with zero attached hydrogens (tertiary/aromatic N) is 2. The van der Waals surface area contributed by atoms with E-state index in [0.717, 1.165) is 11.1 Å². The SMILES string of the molecule is Cn1cc(CCOC(=O)CCc2cccc(N)c2)cn1. The van der Waals surface area contributed by atoms with Crippen LogP contribution in [0.3, 0.4) is 0 Å². The zero-order valence-electron chi connectivity index (χ0n) is 11.6. The molecule has 0 aliphatic heterocycles. The van der Waals surface area contributed by atoms with E-state index in [2.05, 4.69) is 5.10 Å². The van der Waals surface area contributed by atoms with E-state index >= 15 is 0 Å². The molecule has 0 saturated heterocycles. The maximum absolute atomic E-state index is 11.6. The third-order valence-corrected chi connectivity index (χ3v) is 2.98. The Labute approximate surface area is 118 Å². The molecule has 1 aromatic heterocycles. The topological polar surface area (TPSA) is 70.1 Å². The molecule has 1 aromatic carbocycles. The fourth-order valence-electron chi connectivity index (χ4n) is 1.95. The first-order valence-electron chi connectivity index (χ1n) is 6.61. The number of nitrogens with two attached hydrogens (primary N) is 1. The molecule has 0 aliphatic carbocycles. The van der Waals surface area contributed by atoms with Gasteiger partial charge in [0.05, 0.1) is 12.8 Å². The van der Waals surface area contributed by atoms with Gasteiger partial charge in [-0.05, 0) is 29.7 Å². The highest BCUT2D eigenvalue weighted by Crippen LogP contribution is 2.09. The number of esters is 1. The van der Waals surface area contributed by atoms with Gasteiger partial charge in [0.1, 0.15) is 0 Å². The first kappa shape index (κ1) is 14.1. The van der Waals surface area contributed by atoms with Crippen molar-refractivity contribution in [2.24, 2.45) is 7.05 Å². The van der Waals surface area contributed by atoms with Crippen LogP contribution in [-0.4, -0.2) is 22.4 Å². The second kappa shape index (κ2) is 6.75. The quantitative estimate of drug-likeness (QED) is 0.642. The molecule has 0 radical (unpaired) electrons. The van der Waals surface area contributed by atoms with Gasteiger partial charge in [0.15, 0.2) is 0 Å². The lowest BCUT2D eigenvalue weighted by Crippen LogP contribution is -2.08. The van der Waals surface area contributed by atoms with Crippen LogP contribution in [0.2, 0.25) is 0 Å². The number of hydrogen-bond acceptors (Lipinski definition) is 4. The summed E-state index contributed by atoms with van der Waals surface area (Å²) in [6, 6.07) is 7.55. The fourth-order valence-corrected chi connectivity index (χ4v) is 1.95. The fraction of sp³-hybridized carbons (Fsp3) is 0.333. The molecule has 0 bridgehead atoms. The van der Waals surface area contributed by atoms with Crippen LogP contribution in [-0.2, 0) is 29.4 Å². The molecule has 0 spiro atoms. The average molecular weight is 273 g/mol. The number of anilines is 1. The van der Waals surface area contributed by atoms with E-state index in [1.807, 2.05) is 37.5 Å². The zero-order chi connectivity index (χ0) is 14.4. The molecule has 0 unspecified atom stereocenters. The largest absolute Gasteiger partial charge is 0.465 e. The Kier molecular flexibility index (Phi) is 4.76. The first-order valence-corrected chi connectivity index (χ1v) is 6.61. The molecule has 20 heavy (non-hydrogen) atoms. The standard InChI is InChI=1S/C15H19N3O2/c1-18-11-13(10-17-18)7-8-20-15(19)6-5-12-3-2-4-14(16)9-12/h2-4,9-11H,5-8,16H2,1H3. The Bertz CT molecular complexity index is 578. The van der Waals surface area contributed by atoms with Crippen LogP contribution in [0.5, 0.6) is 0 Å². The van der Waals surface area contributed by atoms with Gasteiger partial charge in [0, 0.05) is 31.8 Å². The van der Waals surface area contributed by atoms with Crippen LogP contribution >= 0.6 is 0 Å². The van der Waals surface area contributed by atoms with Gasteiger partial charge in [0.2, 0.25) is 0 Å². The van der Waals surface area contributed by atoms with E-state index in [4.69, 9.17) is 10.5 Å². The summed E-state index contributed by atoms with van der Waals surface area (Å²) < 4.78 is 6.93. The van der Waals surface area contributed by atoms with Gasteiger partial charge in [-0.3, -0.25) is 9.48 Å². The summed E-state index contributed by atoms with van der Waals surface area (Å²) in [6.45, 7) is 0.390. The number of hydrogen-bond donors (Lipinski definition) is 1. The molecular weight excluding hydrogens is 254 g/mol. The van der Waals surface area contributed by atoms with Gasteiger partial charge in [-0.15, -0.1) is 0 Å². The number of aromatic nitrogens is 2. The summed E-state index contributed by atoms with van der Waals surface area (Å²) in [4.78, 5) is 11.6. The van der Waals surface area contributed by atoms with Crippen LogP contribution in [0.4, 0.5) is 5.69 Å². The van der Waals surface area contributed by atoms with Crippen molar-refractivity contribution < 1.29 is 9.53 Å². The minimum Gasteiger partial charge on any atom is -0.465 e.